The van der Waals surface area contributed by atoms with E-state index in [2.05, 4.69) is 88.7 Å². The first-order chi connectivity index (χ1) is 54.3. The monoisotopic (exact) mass is 1540 g/mol. The summed E-state index contributed by atoms with van der Waals surface area (Å²) < 4.78 is 9.75. The number of nitriles is 4. The molecule has 114 heavy (non-hydrogen) atoms. The first-order valence-electron chi connectivity index (χ1n) is 36.7. The number of allylic oxidation sites excluding steroid dienone is 4. The van der Waals surface area contributed by atoms with E-state index in [0.29, 0.717) is 45.4 Å². The zero-order valence-electron chi connectivity index (χ0n) is 67.5. The highest BCUT2D eigenvalue weighted by molar-refractivity contribution is 6.09. The quantitative estimate of drug-likeness (QED) is 0.0130. The number of aryl methyl sites for hydroxylation is 14. The molecule has 10 N–H and O–H groups in total. The minimum Gasteiger partial charge on any atom is -0.511 e. The zero-order chi connectivity index (χ0) is 85.3. The molecule has 8 rings (SSSR count). The number of hydrogen-bond donors (Lipinski definition) is 10. The minimum atomic E-state index is -0.629. The third-order valence-electron chi connectivity index (χ3n) is 17.6. The molecule has 0 aliphatic heterocycles. The van der Waals surface area contributed by atoms with Crippen molar-refractivity contribution in [1.82, 2.24) is 10.3 Å². The minimum absolute atomic E-state index is 0.112. The number of carbonyl (C=O) groups excluding carboxylic acids is 6. The second-order valence-electron chi connectivity index (χ2n) is 25.7. The van der Waals surface area contributed by atoms with Gasteiger partial charge in [0.2, 0.25) is 0 Å². The van der Waals surface area contributed by atoms with E-state index < -0.39 is 23.6 Å². The van der Waals surface area contributed by atoms with Crippen LogP contribution in [0.4, 0.5) is 34.1 Å². The van der Waals surface area contributed by atoms with Crippen molar-refractivity contribution >= 4 is 69.6 Å². The number of carbonyl (C=O) groups is 6. The lowest BCUT2D eigenvalue weighted by molar-refractivity contribution is -0.113. The van der Waals surface area contributed by atoms with Gasteiger partial charge in [0.25, 0.3) is 35.4 Å². The molecule has 0 saturated carbocycles. The molecule has 6 amide bonds. The number of terminal acetylenes is 2. The molecule has 24 heteroatoms. The fourth-order valence-corrected chi connectivity index (χ4v) is 10.8. The predicted molar refractivity (Wildman–Crippen MR) is 445 cm³/mol. The van der Waals surface area contributed by atoms with Crippen molar-refractivity contribution in [3.05, 3.63) is 256 Å². The van der Waals surface area contributed by atoms with Crippen molar-refractivity contribution in [1.29, 1.82) is 21.0 Å². The van der Waals surface area contributed by atoms with Gasteiger partial charge in [-0.3, -0.25) is 28.8 Å². The van der Waals surface area contributed by atoms with Gasteiger partial charge in [-0.25, -0.2) is 0 Å². The molecule has 0 spiro atoms. The molecule has 0 fully saturated rings. The summed E-state index contributed by atoms with van der Waals surface area (Å²) in [5, 5.41) is 96.7. The zero-order valence-corrected chi connectivity index (χ0v) is 67.5. The fourth-order valence-electron chi connectivity index (χ4n) is 10.8. The van der Waals surface area contributed by atoms with Gasteiger partial charge in [-0.2, -0.15) is 21.0 Å². The van der Waals surface area contributed by atoms with Gasteiger partial charge in [-0.15, -0.1) is 24.7 Å². The molecule has 0 unspecified atom stereocenters. The maximum atomic E-state index is 12.0. The third-order valence-corrected chi connectivity index (χ3v) is 17.6. The van der Waals surface area contributed by atoms with E-state index in [0.717, 1.165) is 83.3 Å². The molecule has 8 aromatic rings. The Balaban J connectivity index is 0.000000355. The van der Waals surface area contributed by atoms with Gasteiger partial charge in [0.1, 0.15) is 70.0 Å². The van der Waals surface area contributed by atoms with E-state index in [1.165, 1.54) is 59.6 Å². The van der Waals surface area contributed by atoms with Crippen LogP contribution in [0, 0.1) is 125 Å². The Morgan fingerprint density at radius 2 is 0.605 bits per heavy atom. The van der Waals surface area contributed by atoms with E-state index >= 15 is 0 Å². The number of aromatic nitrogens is 2. The normalized spacial score (nSPS) is 11.0. The molecule has 0 radical (unpaired) electrons. The SMILES string of the molecule is C#CCC/C(O)=C(\C#N)C(=O)Nc1ccc(C)c(CC)c1.C#CCC/C(O)=C(\C#N)C(=O)Nc1ccc(CC)c(C)c1.CCc1cc(NC(=O)/C(C#N)=C(/C)O)ccc1C.CCc1cc(NC(=O)c2cnoc2C)ccc1C.CCc1ccc(NC(=O)/C(C#N)=C(/C)O)cc1C.CCc1ccc(NC(=O)c2cnoc2C)cc1C. The van der Waals surface area contributed by atoms with Crippen molar-refractivity contribution in [2.45, 2.75) is 175 Å². The summed E-state index contributed by atoms with van der Waals surface area (Å²) in [5.41, 5.74) is 17.8. The molecule has 0 aliphatic carbocycles. The van der Waals surface area contributed by atoms with Crippen LogP contribution >= 0.6 is 0 Å². The summed E-state index contributed by atoms with van der Waals surface area (Å²) in [6.45, 7) is 30.5. The molecule has 6 aromatic carbocycles. The second-order valence-corrected chi connectivity index (χ2v) is 25.7. The number of hydrogen-bond acceptors (Lipinski definition) is 18. The largest absolute Gasteiger partial charge is 0.511 e. The molecule has 592 valence electrons. The lowest BCUT2D eigenvalue weighted by atomic mass is 10.1. The van der Waals surface area contributed by atoms with Crippen LogP contribution < -0.4 is 31.9 Å². The van der Waals surface area contributed by atoms with Crippen LogP contribution in [0.1, 0.15) is 180 Å². The van der Waals surface area contributed by atoms with Gasteiger partial charge >= 0.3 is 0 Å². The molecule has 2 heterocycles. The summed E-state index contributed by atoms with van der Waals surface area (Å²) in [6.07, 6.45) is 19.3. The summed E-state index contributed by atoms with van der Waals surface area (Å²) in [7, 11) is 0. The van der Waals surface area contributed by atoms with Crippen LogP contribution in [-0.2, 0) is 57.7 Å². The number of nitrogens with zero attached hydrogens (tertiary/aromatic N) is 6. The van der Waals surface area contributed by atoms with E-state index in [-0.39, 0.29) is 82.8 Å². The topological polar surface area (TPSA) is 403 Å². The first-order valence-corrected chi connectivity index (χ1v) is 36.7. The van der Waals surface area contributed by atoms with Crippen molar-refractivity contribution in [2.75, 3.05) is 31.9 Å². The number of rotatable bonds is 22. The highest BCUT2D eigenvalue weighted by atomic mass is 16.5. The Morgan fingerprint density at radius 1 is 0.360 bits per heavy atom. The molecule has 0 atom stereocenters. The lowest BCUT2D eigenvalue weighted by Gasteiger charge is -2.09. The summed E-state index contributed by atoms with van der Waals surface area (Å²) in [5.74, 6) is 1.79. The standard InChI is InChI=1S/2C17H18N2O2.4C14H16N2O2/c1-4-6-7-16(20)15(11-18)17(21)19-14-9-8-13(5-2)12(3)10-14;1-4-6-7-16(20)15(11-18)17(21)19-14-9-8-12(3)13(5-2)10-14;1-4-11-5-6-12(7-9(11)2)16-14(17)13-8-15-18-10(13)3;1-4-11-7-12(6-5-9(11)2)16-14(17)13-8-15-18-10(13)3;1-4-11-5-6-12(7-9(11)2)16-14(18)13(8-15)10(3)17;1-4-11-7-12(6-5-9(11)2)16-14(18)13(8-15)10(3)17/h2*1,8-10,20H,5-7H2,2-3H3,(H,19,21);2*5-8H,4H2,1-3H3,(H,16,17);2*5-7,17H,4H2,1-3H3,(H,16,18)/b2*16-15-;;;2*13-10-. The van der Waals surface area contributed by atoms with Gasteiger partial charge in [-0.1, -0.05) is 88.3 Å². The molecular formula is C90H100N12O12. The molecule has 0 saturated heterocycles. The molecule has 0 bridgehead atoms. The predicted octanol–water partition coefficient (Wildman–Crippen LogP) is 18.4. The number of aliphatic hydroxyl groups excluding tert-OH is 4. The average molecular weight is 1540 g/mol. The Hall–Kier alpha value is -14.2. The molecule has 2 aromatic heterocycles. The van der Waals surface area contributed by atoms with Crippen molar-refractivity contribution in [2.24, 2.45) is 0 Å². The first kappa shape index (κ1) is 94.0. The Kier molecular flexibility index (Phi) is 39.9. The fraction of sp³-hybridized carbons (Fsp3) is 0.289. The smallest absolute Gasteiger partial charge is 0.269 e. The number of benzene rings is 6. The van der Waals surface area contributed by atoms with E-state index in [1.54, 1.807) is 62.4 Å². The van der Waals surface area contributed by atoms with Gasteiger partial charge < -0.3 is 61.4 Å². The summed E-state index contributed by atoms with van der Waals surface area (Å²) in [4.78, 5) is 71.4. The van der Waals surface area contributed by atoms with Crippen molar-refractivity contribution in [3.63, 3.8) is 0 Å². The van der Waals surface area contributed by atoms with Crippen LogP contribution in [0.25, 0.3) is 0 Å². The number of nitrogens with one attached hydrogen (secondary N) is 6. The number of amides is 6. The van der Waals surface area contributed by atoms with E-state index in [1.807, 2.05) is 133 Å². The maximum absolute atomic E-state index is 12.0. The van der Waals surface area contributed by atoms with Gasteiger partial charge in [0.05, 0.1) is 12.4 Å². The van der Waals surface area contributed by atoms with E-state index in [9.17, 15) is 49.2 Å². The van der Waals surface area contributed by atoms with E-state index in [4.69, 9.17) is 42.9 Å². The molecular weight excluding hydrogens is 1440 g/mol. The highest BCUT2D eigenvalue weighted by Crippen LogP contribution is 2.24. The summed E-state index contributed by atoms with van der Waals surface area (Å²) in [6, 6.07) is 40.8. The number of aliphatic hydroxyl groups is 4. The van der Waals surface area contributed by atoms with Crippen LogP contribution in [0.3, 0.4) is 0 Å². The molecule has 24 nitrogen and oxygen atoms in total. The van der Waals surface area contributed by atoms with Crippen LogP contribution in [0.2, 0.25) is 0 Å². The van der Waals surface area contributed by atoms with Crippen molar-refractivity contribution < 1.29 is 58.2 Å². The van der Waals surface area contributed by atoms with Crippen molar-refractivity contribution in [3.8, 4) is 49.0 Å². The van der Waals surface area contributed by atoms with Crippen LogP contribution in [0.5, 0.6) is 0 Å². The van der Waals surface area contributed by atoms with Gasteiger partial charge in [-0.05, 0) is 247 Å². The van der Waals surface area contributed by atoms with Crippen LogP contribution in [-0.4, -0.2) is 66.2 Å². The van der Waals surface area contributed by atoms with Gasteiger partial charge in [0.15, 0.2) is 22.3 Å². The number of anilines is 6. The highest BCUT2D eigenvalue weighted by Gasteiger charge is 2.20. The Morgan fingerprint density at radius 3 is 0.833 bits per heavy atom. The summed E-state index contributed by atoms with van der Waals surface area (Å²) >= 11 is 0. The lowest BCUT2D eigenvalue weighted by Crippen LogP contribution is -2.15. The van der Waals surface area contributed by atoms with Gasteiger partial charge in [0, 0.05) is 59.8 Å². The third kappa shape index (κ3) is 29.7. The maximum Gasteiger partial charge on any atom is 0.269 e. The second kappa shape index (κ2) is 48.4. The van der Waals surface area contributed by atoms with Crippen LogP contribution in [0.15, 0.2) is 176 Å². The Labute approximate surface area is 668 Å². The average Bonchev–Trinajstić information content (AvgIpc) is 1.31. The molecule has 0 aliphatic rings. The Bertz CT molecular complexity index is 5150.